The third-order valence-corrected chi connectivity index (χ3v) is 0.656. The highest BCUT2D eigenvalue weighted by molar-refractivity contribution is 6.32. The molecule has 0 unspecified atom stereocenters. The smallest absolute Gasteiger partial charge is 0.403 e. The van der Waals surface area contributed by atoms with E-state index in [0.717, 1.165) is 0 Å². The van der Waals surface area contributed by atoms with Crippen LogP contribution < -0.4 is 0 Å². The monoisotopic (exact) mass is 159 g/mol. The van der Waals surface area contributed by atoms with Gasteiger partial charge in [0.25, 0.3) is 0 Å². The van der Waals surface area contributed by atoms with E-state index >= 15 is 0 Å². The number of carbonyl (C=O) groups excluding carboxylic acids is 2. The molecule has 0 aliphatic rings. The normalized spacial score (nSPS) is 10.5. The topological polar surface area (TPSA) is 72.8 Å². The van der Waals surface area contributed by atoms with Crippen LogP contribution in [0.1, 0.15) is 20.8 Å². The second-order valence-corrected chi connectivity index (χ2v) is 2.90. The Balaban J connectivity index is 4.09. The molecule has 0 saturated heterocycles. The van der Waals surface area contributed by atoms with Crippen LogP contribution in [0.4, 0.5) is 0 Å². The van der Waals surface area contributed by atoms with Crippen molar-refractivity contribution in [1.29, 1.82) is 0 Å². The lowest BCUT2D eigenvalue weighted by atomic mass is 10.2. The first-order chi connectivity index (χ1) is 4.87. The van der Waals surface area contributed by atoms with Crippen molar-refractivity contribution in [3.8, 4) is 0 Å². The average Bonchev–Trinajstić information content (AvgIpc) is 1.82. The van der Waals surface area contributed by atoms with Crippen LogP contribution in [0.3, 0.4) is 0 Å². The number of carbonyl (C=O) groups is 2. The Morgan fingerprint density at radius 2 is 1.73 bits per heavy atom. The zero-order valence-corrected chi connectivity index (χ0v) is 6.58. The Hall–Kier alpha value is -1.26. The van der Waals surface area contributed by atoms with Crippen molar-refractivity contribution in [1.82, 2.24) is 0 Å². The molecule has 11 heavy (non-hydrogen) atoms. The van der Waals surface area contributed by atoms with E-state index in [9.17, 15) is 14.5 Å². The lowest BCUT2D eigenvalue weighted by Crippen LogP contribution is -2.27. The largest absolute Gasteiger partial charge is 0.453 e. The van der Waals surface area contributed by atoms with Crippen LogP contribution in [-0.4, -0.2) is 17.5 Å². The zero-order chi connectivity index (χ0) is 9.07. The van der Waals surface area contributed by atoms with Gasteiger partial charge in [-0.3, -0.25) is 4.79 Å². The summed E-state index contributed by atoms with van der Waals surface area (Å²) >= 11 is 0. The van der Waals surface area contributed by atoms with Crippen molar-refractivity contribution in [2.75, 3.05) is 0 Å². The quantitative estimate of drug-likeness (QED) is 0.295. The molecule has 0 aliphatic heterocycles. The molecule has 0 N–H and O–H groups in total. The van der Waals surface area contributed by atoms with E-state index in [-0.39, 0.29) is 0 Å². The van der Waals surface area contributed by atoms with Crippen molar-refractivity contribution in [3.63, 3.8) is 0 Å². The van der Waals surface area contributed by atoms with Gasteiger partial charge in [-0.05, 0) is 20.8 Å². The summed E-state index contributed by atoms with van der Waals surface area (Å²) in [5, 5.41) is 1.91. The van der Waals surface area contributed by atoms with Crippen LogP contribution in [0, 0.1) is 4.91 Å². The molecule has 1 amide bonds. The van der Waals surface area contributed by atoms with Gasteiger partial charge in [0.2, 0.25) is 0 Å². The summed E-state index contributed by atoms with van der Waals surface area (Å²) in [4.78, 5) is 30.3. The summed E-state index contributed by atoms with van der Waals surface area (Å²) in [6.45, 7) is 4.76. The molecule has 0 aromatic carbocycles. The Labute approximate surface area is 63.7 Å². The first kappa shape index (κ1) is 9.74. The van der Waals surface area contributed by atoms with Crippen molar-refractivity contribution >= 4 is 11.9 Å². The molecule has 5 nitrogen and oxygen atoms in total. The molecule has 0 fully saturated rings. The summed E-state index contributed by atoms with van der Waals surface area (Å²) in [7, 11) is 0. The molecule has 0 rings (SSSR count). The fourth-order valence-electron chi connectivity index (χ4n) is 0.359. The Morgan fingerprint density at radius 3 is 2.00 bits per heavy atom. The van der Waals surface area contributed by atoms with Gasteiger partial charge in [0.05, 0.1) is 0 Å². The molecule has 0 aliphatic carbocycles. The third-order valence-electron chi connectivity index (χ3n) is 0.656. The van der Waals surface area contributed by atoms with Crippen LogP contribution in [0.2, 0.25) is 0 Å². The summed E-state index contributed by atoms with van der Waals surface area (Å²) in [5.74, 6) is -2.62. The van der Waals surface area contributed by atoms with Crippen molar-refractivity contribution < 1.29 is 14.3 Å². The minimum absolute atomic E-state index is 0.766. The minimum atomic E-state index is -1.40. The molecule has 5 heteroatoms. The summed E-state index contributed by atoms with van der Waals surface area (Å²) in [5.41, 5.74) is -0.766. The van der Waals surface area contributed by atoms with Gasteiger partial charge in [0, 0.05) is 5.18 Å². The number of nitrogens with zero attached hydrogens (tertiary/aromatic N) is 1. The number of hydrogen-bond donors (Lipinski definition) is 0. The number of amides is 1. The number of rotatable bonds is 0. The maximum atomic E-state index is 10.5. The third kappa shape index (κ3) is 4.19. The molecule has 0 bridgehead atoms. The summed E-state index contributed by atoms with van der Waals surface area (Å²) in [6.07, 6.45) is 0. The minimum Gasteiger partial charge on any atom is -0.453 e. The number of nitroso groups, excluding NO2 is 1. The van der Waals surface area contributed by atoms with E-state index in [1.54, 1.807) is 20.8 Å². The van der Waals surface area contributed by atoms with E-state index < -0.39 is 17.5 Å². The highest BCUT2D eigenvalue weighted by Gasteiger charge is 2.22. The van der Waals surface area contributed by atoms with Gasteiger partial charge in [0.15, 0.2) is 0 Å². The van der Waals surface area contributed by atoms with Crippen LogP contribution in [0.15, 0.2) is 5.18 Å². The van der Waals surface area contributed by atoms with Gasteiger partial charge >= 0.3 is 11.9 Å². The van der Waals surface area contributed by atoms with Gasteiger partial charge in [-0.25, -0.2) is 4.79 Å². The highest BCUT2D eigenvalue weighted by atomic mass is 16.6. The number of esters is 1. The second kappa shape index (κ2) is 3.23. The average molecular weight is 159 g/mol. The molecule has 0 atom stereocenters. The summed E-state index contributed by atoms with van der Waals surface area (Å²) in [6, 6.07) is 0. The maximum absolute atomic E-state index is 10.5. The van der Waals surface area contributed by atoms with Gasteiger partial charge in [-0.2, -0.15) is 0 Å². The van der Waals surface area contributed by atoms with Crippen molar-refractivity contribution in [3.05, 3.63) is 4.91 Å². The molecule has 62 valence electrons. The standard InChI is InChI=1S/C6H9NO4/c1-6(2,3)11-5(9)4(8)7-10/h1-3H3. The van der Waals surface area contributed by atoms with E-state index in [1.165, 1.54) is 0 Å². The van der Waals surface area contributed by atoms with Gasteiger partial charge in [-0.1, -0.05) is 0 Å². The Morgan fingerprint density at radius 1 is 1.27 bits per heavy atom. The molecular formula is C6H9NO4. The van der Waals surface area contributed by atoms with Crippen molar-refractivity contribution in [2.24, 2.45) is 5.18 Å². The molecule has 0 spiro atoms. The number of ether oxygens (including phenoxy) is 1. The van der Waals surface area contributed by atoms with Gasteiger partial charge < -0.3 is 4.74 Å². The second-order valence-electron chi connectivity index (χ2n) is 2.90. The molecule has 0 heterocycles. The first-order valence-electron chi connectivity index (χ1n) is 2.97. The predicted octanol–water partition coefficient (Wildman–Crippen LogP) is 0.621. The molecule has 0 aromatic heterocycles. The lowest BCUT2D eigenvalue weighted by Gasteiger charge is -2.17. The zero-order valence-electron chi connectivity index (χ0n) is 6.58. The molecule has 0 saturated carbocycles. The van der Waals surface area contributed by atoms with E-state index in [1.807, 2.05) is 5.18 Å². The molecule has 0 radical (unpaired) electrons. The Kier molecular flexibility index (Phi) is 2.86. The fourth-order valence-corrected chi connectivity index (χ4v) is 0.359. The molecular weight excluding hydrogens is 150 g/mol. The fraction of sp³-hybridized carbons (Fsp3) is 0.667. The van der Waals surface area contributed by atoms with Crippen LogP contribution in [0.25, 0.3) is 0 Å². The van der Waals surface area contributed by atoms with Gasteiger partial charge in [-0.15, -0.1) is 4.91 Å². The summed E-state index contributed by atoms with van der Waals surface area (Å²) < 4.78 is 4.51. The first-order valence-corrected chi connectivity index (χ1v) is 2.97. The van der Waals surface area contributed by atoms with Crippen molar-refractivity contribution in [2.45, 2.75) is 26.4 Å². The lowest BCUT2D eigenvalue weighted by molar-refractivity contribution is -0.162. The Bertz CT molecular complexity index is 191. The van der Waals surface area contributed by atoms with Gasteiger partial charge in [0.1, 0.15) is 5.60 Å². The van der Waals surface area contributed by atoms with Crippen LogP contribution >= 0.6 is 0 Å². The highest BCUT2D eigenvalue weighted by Crippen LogP contribution is 2.06. The van der Waals surface area contributed by atoms with Crippen LogP contribution in [-0.2, 0) is 14.3 Å². The maximum Gasteiger partial charge on any atom is 0.403 e. The number of hydrogen-bond acceptors (Lipinski definition) is 4. The van der Waals surface area contributed by atoms with Crippen LogP contribution in [0.5, 0.6) is 0 Å². The van der Waals surface area contributed by atoms with E-state index in [4.69, 9.17) is 0 Å². The predicted molar refractivity (Wildman–Crippen MR) is 36.6 cm³/mol. The van der Waals surface area contributed by atoms with E-state index in [2.05, 4.69) is 4.74 Å². The molecule has 0 aromatic rings. The van der Waals surface area contributed by atoms with E-state index in [0.29, 0.717) is 0 Å². The SMILES string of the molecule is CC(C)(C)OC(=O)C(=O)N=O.